The van der Waals surface area contributed by atoms with E-state index in [2.05, 4.69) is 5.32 Å². The van der Waals surface area contributed by atoms with Crippen molar-refractivity contribution in [2.45, 2.75) is 19.9 Å². The number of carbonyl (C=O) groups excluding carboxylic acids is 2. The standard InChI is InChI=1S/C16H18N2O4S/c1-10(16(21)22)18(7-6-17-11(2)19)15(20)13-3-4-14-12(9-13)5-8-23-14/h3-5,8-10H,6-7H2,1-2H3,(H,17,19)(H,21,22). The fraction of sp³-hybridized carbons (Fsp3) is 0.312. The normalized spacial score (nSPS) is 11.9. The first-order valence-corrected chi connectivity index (χ1v) is 8.03. The summed E-state index contributed by atoms with van der Waals surface area (Å²) in [5.41, 5.74) is 0.437. The van der Waals surface area contributed by atoms with Crippen LogP contribution in [0, 0.1) is 0 Å². The van der Waals surface area contributed by atoms with Crippen molar-refractivity contribution in [2.75, 3.05) is 13.1 Å². The first-order valence-electron chi connectivity index (χ1n) is 7.15. The molecule has 1 aromatic carbocycles. The molecule has 6 nitrogen and oxygen atoms in total. The van der Waals surface area contributed by atoms with Gasteiger partial charge in [0.05, 0.1) is 0 Å². The number of hydrogen-bond acceptors (Lipinski definition) is 4. The van der Waals surface area contributed by atoms with Crippen molar-refractivity contribution in [1.29, 1.82) is 0 Å². The number of amides is 2. The highest BCUT2D eigenvalue weighted by Gasteiger charge is 2.26. The Labute approximate surface area is 137 Å². The molecule has 0 radical (unpaired) electrons. The van der Waals surface area contributed by atoms with E-state index in [1.807, 2.05) is 17.5 Å². The zero-order chi connectivity index (χ0) is 17.0. The van der Waals surface area contributed by atoms with Gasteiger partial charge >= 0.3 is 5.97 Å². The Morgan fingerprint density at radius 3 is 2.70 bits per heavy atom. The van der Waals surface area contributed by atoms with Gasteiger partial charge in [-0.2, -0.15) is 0 Å². The minimum absolute atomic E-state index is 0.132. The van der Waals surface area contributed by atoms with Crippen LogP contribution in [0.5, 0.6) is 0 Å². The van der Waals surface area contributed by atoms with Crippen LogP contribution in [0.2, 0.25) is 0 Å². The third-order valence-electron chi connectivity index (χ3n) is 3.51. The number of carbonyl (C=O) groups is 3. The van der Waals surface area contributed by atoms with Crippen molar-refractivity contribution < 1.29 is 19.5 Å². The maximum Gasteiger partial charge on any atom is 0.326 e. The van der Waals surface area contributed by atoms with Gasteiger partial charge in [-0.15, -0.1) is 11.3 Å². The molecule has 1 atom stereocenters. The number of fused-ring (bicyclic) bond motifs is 1. The third-order valence-corrected chi connectivity index (χ3v) is 4.41. The highest BCUT2D eigenvalue weighted by atomic mass is 32.1. The van der Waals surface area contributed by atoms with Gasteiger partial charge in [0.25, 0.3) is 5.91 Å². The molecule has 23 heavy (non-hydrogen) atoms. The van der Waals surface area contributed by atoms with Crippen LogP contribution in [0.15, 0.2) is 29.6 Å². The molecule has 2 aromatic rings. The van der Waals surface area contributed by atoms with Crippen LogP contribution in [-0.4, -0.2) is 46.9 Å². The topological polar surface area (TPSA) is 86.7 Å². The molecule has 7 heteroatoms. The fourth-order valence-corrected chi connectivity index (χ4v) is 2.99. The molecule has 0 spiro atoms. The maximum atomic E-state index is 12.7. The maximum absolute atomic E-state index is 12.7. The van der Waals surface area contributed by atoms with E-state index in [0.717, 1.165) is 10.1 Å². The molecule has 1 aromatic heterocycles. The molecule has 1 unspecified atom stereocenters. The molecule has 0 saturated carbocycles. The van der Waals surface area contributed by atoms with Gasteiger partial charge in [-0.05, 0) is 42.0 Å². The van der Waals surface area contributed by atoms with E-state index in [0.29, 0.717) is 5.56 Å². The second-order valence-corrected chi connectivity index (χ2v) is 6.12. The van der Waals surface area contributed by atoms with E-state index in [4.69, 9.17) is 0 Å². The molecule has 0 fully saturated rings. The van der Waals surface area contributed by atoms with Crippen molar-refractivity contribution in [3.05, 3.63) is 35.2 Å². The average molecular weight is 334 g/mol. The molecule has 2 amide bonds. The largest absolute Gasteiger partial charge is 0.480 e. The Morgan fingerprint density at radius 1 is 1.30 bits per heavy atom. The summed E-state index contributed by atoms with van der Waals surface area (Å²) < 4.78 is 1.07. The summed E-state index contributed by atoms with van der Waals surface area (Å²) in [5.74, 6) is -1.67. The highest BCUT2D eigenvalue weighted by Crippen LogP contribution is 2.22. The van der Waals surface area contributed by atoms with Crippen LogP contribution < -0.4 is 5.32 Å². The summed E-state index contributed by atoms with van der Waals surface area (Å²) in [6, 6.07) is 6.24. The number of benzene rings is 1. The lowest BCUT2D eigenvalue weighted by Crippen LogP contribution is -2.46. The van der Waals surface area contributed by atoms with E-state index in [1.165, 1.54) is 18.7 Å². The van der Waals surface area contributed by atoms with Gasteiger partial charge in [0.1, 0.15) is 6.04 Å². The van der Waals surface area contributed by atoms with Crippen molar-refractivity contribution in [1.82, 2.24) is 10.2 Å². The van der Waals surface area contributed by atoms with Gasteiger partial charge in [0.2, 0.25) is 5.91 Å². The molecule has 0 aliphatic rings. The molecular formula is C16H18N2O4S. The lowest BCUT2D eigenvalue weighted by molar-refractivity contribution is -0.141. The van der Waals surface area contributed by atoms with Crippen LogP contribution >= 0.6 is 11.3 Å². The monoisotopic (exact) mass is 334 g/mol. The summed E-state index contributed by atoms with van der Waals surface area (Å²) in [6.07, 6.45) is 0. The predicted molar refractivity (Wildman–Crippen MR) is 88.6 cm³/mol. The highest BCUT2D eigenvalue weighted by molar-refractivity contribution is 7.17. The summed E-state index contributed by atoms with van der Waals surface area (Å²) >= 11 is 1.58. The van der Waals surface area contributed by atoms with Crippen molar-refractivity contribution >= 4 is 39.2 Å². The third kappa shape index (κ3) is 4.07. The molecular weight excluding hydrogens is 316 g/mol. The second-order valence-electron chi connectivity index (χ2n) is 5.17. The number of carboxylic acid groups (broad SMARTS) is 1. The Balaban J connectivity index is 2.23. The summed E-state index contributed by atoms with van der Waals surface area (Å²) in [5, 5.41) is 14.7. The van der Waals surface area contributed by atoms with Gasteiger partial charge in [-0.1, -0.05) is 0 Å². The van der Waals surface area contributed by atoms with E-state index in [9.17, 15) is 19.5 Å². The predicted octanol–water partition coefficient (Wildman–Crippen LogP) is 1.95. The summed E-state index contributed by atoms with van der Waals surface area (Å²) in [6.45, 7) is 3.17. The van der Waals surface area contributed by atoms with Crippen molar-refractivity contribution in [3.63, 3.8) is 0 Å². The Bertz CT molecular complexity index is 741. The molecule has 0 saturated heterocycles. The van der Waals surface area contributed by atoms with E-state index in [-0.39, 0.29) is 24.9 Å². The summed E-state index contributed by atoms with van der Waals surface area (Å²) in [4.78, 5) is 36.2. The van der Waals surface area contributed by atoms with Gasteiger partial charge in [0.15, 0.2) is 0 Å². The van der Waals surface area contributed by atoms with E-state index in [1.54, 1.807) is 23.5 Å². The first kappa shape index (κ1) is 17.0. The minimum Gasteiger partial charge on any atom is -0.480 e. The Hall–Kier alpha value is -2.41. The number of aliphatic carboxylic acids is 1. The Kier molecular flexibility index (Phi) is 5.33. The summed E-state index contributed by atoms with van der Waals surface area (Å²) in [7, 11) is 0. The number of nitrogens with zero attached hydrogens (tertiary/aromatic N) is 1. The van der Waals surface area contributed by atoms with Crippen LogP contribution in [0.3, 0.4) is 0 Å². The zero-order valence-electron chi connectivity index (χ0n) is 12.9. The quantitative estimate of drug-likeness (QED) is 0.845. The number of thiophene rings is 1. The Morgan fingerprint density at radius 2 is 2.04 bits per heavy atom. The molecule has 2 N–H and O–H groups in total. The zero-order valence-corrected chi connectivity index (χ0v) is 13.7. The lowest BCUT2D eigenvalue weighted by atomic mass is 10.1. The SMILES string of the molecule is CC(=O)NCCN(C(=O)c1ccc2sccc2c1)C(C)C(=O)O. The van der Waals surface area contributed by atoms with Gasteiger partial charge < -0.3 is 15.3 Å². The van der Waals surface area contributed by atoms with Gasteiger partial charge in [-0.3, -0.25) is 9.59 Å². The second kappa shape index (κ2) is 7.23. The first-order chi connectivity index (χ1) is 10.9. The van der Waals surface area contributed by atoms with Crippen LogP contribution in [0.25, 0.3) is 10.1 Å². The molecule has 0 aliphatic heterocycles. The fourth-order valence-electron chi connectivity index (χ4n) is 2.22. The molecule has 1 heterocycles. The van der Waals surface area contributed by atoms with Crippen molar-refractivity contribution in [2.24, 2.45) is 0 Å². The van der Waals surface area contributed by atoms with E-state index < -0.39 is 12.0 Å². The molecule has 0 bridgehead atoms. The average Bonchev–Trinajstić information content (AvgIpc) is 2.97. The van der Waals surface area contributed by atoms with E-state index >= 15 is 0 Å². The molecule has 122 valence electrons. The lowest BCUT2D eigenvalue weighted by Gasteiger charge is -2.26. The van der Waals surface area contributed by atoms with Gasteiger partial charge in [0, 0.05) is 30.3 Å². The smallest absolute Gasteiger partial charge is 0.326 e. The molecule has 2 rings (SSSR count). The number of rotatable bonds is 6. The number of nitrogens with one attached hydrogen (secondary N) is 1. The minimum atomic E-state index is -1.09. The van der Waals surface area contributed by atoms with Gasteiger partial charge in [-0.25, -0.2) is 4.79 Å². The molecule has 0 aliphatic carbocycles. The van der Waals surface area contributed by atoms with Crippen LogP contribution in [0.4, 0.5) is 0 Å². The van der Waals surface area contributed by atoms with Crippen molar-refractivity contribution in [3.8, 4) is 0 Å². The number of carboxylic acids is 1. The number of hydrogen-bond donors (Lipinski definition) is 2. The van der Waals surface area contributed by atoms with Crippen LogP contribution in [-0.2, 0) is 9.59 Å². The van der Waals surface area contributed by atoms with Crippen LogP contribution in [0.1, 0.15) is 24.2 Å².